The molecule has 5 heterocycles. The molecule has 0 unspecified atom stereocenters. The number of hydrogen-bond acceptors (Lipinski definition) is 16. The summed E-state index contributed by atoms with van der Waals surface area (Å²) in [4.78, 5) is 75.1. The van der Waals surface area contributed by atoms with Crippen LogP contribution in [0.5, 0.6) is 29.4 Å². The quantitative estimate of drug-likeness (QED) is 0.0159. The summed E-state index contributed by atoms with van der Waals surface area (Å²) >= 11 is 0. The second-order valence-corrected chi connectivity index (χ2v) is 34.1. The van der Waals surface area contributed by atoms with Crippen LogP contribution < -0.4 is 50.3 Å². The summed E-state index contributed by atoms with van der Waals surface area (Å²) in [6, 6.07) is 18.2. The first-order valence-corrected chi connectivity index (χ1v) is 44.6. The van der Waals surface area contributed by atoms with Crippen LogP contribution in [0.2, 0.25) is 0 Å². The zero-order chi connectivity index (χ0) is 98.5. The minimum atomic E-state index is -2.62. The number of allylic oxidation sites excluding steroid dienone is 5. The molecule has 0 atom stereocenters. The van der Waals surface area contributed by atoms with Crippen LogP contribution in [0.3, 0.4) is 0 Å². The van der Waals surface area contributed by atoms with E-state index in [9.17, 15) is 67.9 Å². The molecule has 21 nitrogen and oxygen atoms in total. The average molecular weight is 1870 g/mol. The first kappa shape index (κ1) is 108. The fourth-order valence-electron chi connectivity index (χ4n) is 16.4. The second-order valence-electron chi connectivity index (χ2n) is 34.1. The van der Waals surface area contributed by atoms with Crippen LogP contribution in [-0.2, 0) is 24.0 Å². The zero-order valence-corrected chi connectivity index (χ0v) is 77.9. The maximum atomic E-state index is 13.6. The molecule has 720 valence electrons. The smallest absolute Gasteiger partial charge is 0.300 e. The van der Waals surface area contributed by atoms with Crippen molar-refractivity contribution < 1.29 is 91.6 Å². The number of methoxy groups -OCH3 is 5. The highest BCUT2D eigenvalue weighted by Crippen LogP contribution is 2.46. The van der Waals surface area contributed by atoms with Crippen LogP contribution in [0.25, 0.3) is 41.6 Å². The Labute approximate surface area is 779 Å². The van der Waals surface area contributed by atoms with Gasteiger partial charge < -0.3 is 50.3 Å². The predicted octanol–water partition coefficient (Wildman–Crippen LogP) is 24.3. The number of nitrogens with zero attached hydrogens (tertiary/aromatic N) is 6. The molecule has 31 heteroatoms. The van der Waals surface area contributed by atoms with Gasteiger partial charge >= 0.3 is 0 Å². The molecule has 5 saturated carbocycles. The Bertz CT molecular complexity index is 5100. The Hall–Kier alpha value is -12.7. The number of halogens is 10. The van der Waals surface area contributed by atoms with Gasteiger partial charge in [0.05, 0.1) is 76.4 Å². The largest absolute Gasteiger partial charge is 0.481 e. The molecule has 5 aliphatic rings. The molecule has 0 spiro atoms. The third-order valence-corrected chi connectivity index (χ3v) is 24.2. The highest BCUT2D eigenvalue weighted by Gasteiger charge is 2.41. The number of nitrogens with one attached hydrogen (secondary N) is 5. The van der Waals surface area contributed by atoms with Crippen molar-refractivity contribution in [3.05, 3.63) is 188 Å². The van der Waals surface area contributed by atoms with Crippen LogP contribution in [0, 0.1) is 83.4 Å². The Morgan fingerprint density at radius 2 is 0.694 bits per heavy atom. The van der Waals surface area contributed by atoms with Crippen molar-refractivity contribution in [2.75, 3.05) is 62.1 Å². The number of terminal acetylenes is 1. The van der Waals surface area contributed by atoms with E-state index in [2.05, 4.69) is 101 Å². The number of anilines is 5. The molecule has 5 aromatic heterocycles. The average Bonchev–Trinajstić information content (AvgIpc) is 0.799. The van der Waals surface area contributed by atoms with Gasteiger partial charge in [0.25, 0.3) is 5.91 Å². The Morgan fingerprint density at radius 1 is 0.388 bits per heavy atom. The highest BCUT2D eigenvalue weighted by molar-refractivity contribution is 6.04. The van der Waals surface area contributed by atoms with E-state index in [-0.39, 0.29) is 53.0 Å². The minimum absolute atomic E-state index is 0.215. The number of carbonyl (C=O) groups is 5. The Kier molecular flexibility index (Phi) is 42.1. The summed E-state index contributed by atoms with van der Waals surface area (Å²) in [6.45, 7) is 20.3. The first-order valence-electron chi connectivity index (χ1n) is 44.6. The van der Waals surface area contributed by atoms with Gasteiger partial charge in [-0.05, 0) is 266 Å². The van der Waals surface area contributed by atoms with Gasteiger partial charge in [-0.2, -0.15) is 0 Å². The summed E-state index contributed by atoms with van der Waals surface area (Å²) in [5.41, 5.74) is 7.17. The third kappa shape index (κ3) is 35.1. The molecular weight excluding hydrogens is 1740 g/mol. The number of alkyl halides is 10. The molecule has 5 fully saturated rings. The zero-order valence-electron chi connectivity index (χ0n) is 77.9. The van der Waals surface area contributed by atoms with Gasteiger partial charge in [-0.1, -0.05) is 123 Å². The molecule has 6 aromatic rings. The summed E-state index contributed by atoms with van der Waals surface area (Å²) in [5.74, 6) is -6.73. The number of hydrogen-bond donors (Lipinski definition) is 5. The van der Waals surface area contributed by atoms with Crippen molar-refractivity contribution in [1.29, 1.82) is 0 Å². The number of ether oxygens (including phenoxy) is 5. The highest BCUT2D eigenvalue weighted by atomic mass is 19.3. The molecule has 0 saturated heterocycles. The van der Waals surface area contributed by atoms with Crippen LogP contribution in [0.4, 0.5) is 72.5 Å². The lowest BCUT2D eigenvalue weighted by atomic mass is 9.79. The Morgan fingerprint density at radius 3 is 1.02 bits per heavy atom. The molecule has 5 amide bonds. The van der Waals surface area contributed by atoms with Crippen LogP contribution in [-0.4, -0.2) is 125 Å². The van der Waals surface area contributed by atoms with Gasteiger partial charge in [0.15, 0.2) is 5.82 Å². The van der Waals surface area contributed by atoms with E-state index in [1.54, 1.807) is 38.3 Å². The van der Waals surface area contributed by atoms with Crippen molar-refractivity contribution in [2.24, 2.45) is 59.2 Å². The van der Waals surface area contributed by atoms with Gasteiger partial charge in [0.2, 0.25) is 82.6 Å². The second kappa shape index (κ2) is 52.1. The molecule has 134 heavy (non-hydrogen) atoms. The Balaban J connectivity index is 0.000000229. The monoisotopic (exact) mass is 1860 g/mol. The summed E-state index contributed by atoms with van der Waals surface area (Å²) in [5, 5.41) is 21.1. The van der Waals surface area contributed by atoms with Crippen molar-refractivity contribution in [2.45, 2.75) is 200 Å². The van der Waals surface area contributed by atoms with E-state index in [1.165, 1.54) is 53.0 Å². The standard InChI is InChI=1S/C25H28F2N2O2.C21H24F2N2O2.C20H24F2N2O2.C19H24F2N2O2.C18H23F2N3O2/c1-4-22(30)28-21-16-19(13-10-17-11-14-20(15-12-17)25(2,26)27)24(31-3)29-23(21)18-8-6-5-7-9-18;1-5-17-18(24-19(26)6-2)13-15(20(25-17)27-4)10-7-14-8-11-16(12-9-14)21(3,22)23;1-4-5-18(25)24-17-12-15(19(26-3)23-13-17)9-6-14-7-10-16(11-8-14)20(2,21)22;1-4-17(24)23-16-11-14(18(25-3)22-12-16)8-5-13-6-9-15(10-7-13)19(2,20)21;1-4-16(24)21-15-11-13(17(25-3)23-22-15)8-5-12-6-9-14(10-7-12)18(2,19)20/h4-10,13,16-17,20H,1,11-12,14-15H2,2-3H3,(H,28,30);1,6-7,10,13-14,16H,2,8-9,11-12H2,3-4H3,(H,24,26);6,9,12-14,16H,7-8,10-11H2,1-3H3,(H,24,25);4-5,8,11-13,15H,1,6-7,9-10H2,2-3H3,(H,23,24);4-5,8,11-12,14H,1,6-7,9-10H2,2-3H3,(H,21,22,24)/b13-10+;10-7+;9-6+;2*8-5+. The van der Waals surface area contributed by atoms with Crippen molar-refractivity contribution in [3.8, 4) is 64.8 Å². The van der Waals surface area contributed by atoms with Crippen LogP contribution >= 0.6 is 0 Å². The van der Waals surface area contributed by atoms with E-state index >= 15 is 0 Å². The van der Waals surface area contributed by atoms with Gasteiger partial charge in [-0.25, -0.2) is 63.8 Å². The number of carbonyl (C=O) groups excluding carboxylic acids is 5. The number of benzene rings is 1. The molecule has 1 aromatic carbocycles. The lowest BCUT2D eigenvalue weighted by molar-refractivity contribution is -0.112. The van der Waals surface area contributed by atoms with Crippen molar-refractivity contribution in [3.63, 3.8) is 0 Å². The molecule has 0 bridgehead atoms. The fraction of sp³-hybridized carbons (Fsp3) is 0.447. The number of rotatable bonds is 30. The molecule has 0 radical (unpaired) electrons. The lowest BCUT2D eigenvalue weighted by Gasteiger charge is -2.30. The van der Waals surface area contributed by atoms with E-state index in [0.717, 1.165) is 115 Å². The molecule has 5 N–H and O–H groups in total. The number of amides is 5. The number of aromatic nitrogens is 6. The SMILES string of the molecule is C#Cc1nc(OC)c(/C=C/C2CCC(C(C)(F)F)CC2)cc1NC(=O)C=C.C=CC(=O)Nc1cc(/C=C/C2CCC(C(C)(F)F)CC2)c(OC)nc1-c1ccccc1.C=CC(=O)Nc1cc(/C=C/C2CCC(C(C)(F)F)CC2)c(OC)nn1.C=CC(=O)Nc1cnc(OC)c(/C=C/C2CCC(C(C)(F)F)CC2)c1.CC#CC(=O)Nc1cnc(OC)c(/C=C/C2CCC(C(C)(F)F)CC2)c1. The van der Waals surface area contributed by atoms with Crippen molar-refractivity contribution >= 4 is 88.5 Å². The minimum Gasteiger partial charge on any atom is -0.481 e. The lowest BCUT2D eigenvalue weighted by Crippen LogP contribution is -2.28. The summed E-state index contributed by atoms with van der Waals surface area (Å²) < 4.78 is 161. The van der Waals surface area contributed by atoms with Crippen molar-refractivity contribution in [1.82, 2.24) is 30.1 Å². The summed E-state index contributed by atoms with van der Waals surface area (Å²) in [7, 11) is 7.56. The molecular formula is C103H123F10N11O10. The van der Waals surface area contributed by atoms with E-state index in [0.29, 0.717) is 157 Å². The van der Waals surface area contributed by atoms with E-state index in [1.807, 2.05) is 97.2 Å². The maximum Gasteiger partial charge on any atom is 0.300 e. The van der Waals surface area contributed by atoms with Gasteiger partial charge in [-0.15, -0.1) is 16.6 Å². The normalized spacial score (nSPS) is 20.3. The van der Waals surface area contributed by atoms with E-state index in [4.69, 9.17) is 30.1 Å². The molecule has 11 rings (SSSR count). The van der Waals surface area contributed by atoms with Gasteiger partial charge in [0, 0.05) is 63.0 Å². The van der Waals surface area contributed by atoms with Crippen LogP contribution in [0.1, 0.15) is 203 Å². The molecule has 5 aliphatic carbocycles. The third-order valence-electron chi connectivity index (χ3n) is 24.2. The topological polar surface area (TPSA) is 269 Å². The number of pyridine rings is 4. The molecule has 0 aliphatic heterocycles. The van der Waals surface area contributed by atoms with Crippen LogP contribution in [0.15, 0.2) is 154 Å². The van der Waals surface area contributed by atoms with E-state index < -0.39 is 71.0 Å². The predicted molar refractivity (Wildman–Crippen MR) is 508 cm³/mol. The fourth-order valence-corrected chi connectivity index (χ4v) is 16.4. The van der Waals surface area contributed by atoms with Gasteiger partial charge in [-0.3, -0.25) is 24.0 Å². The summed E-state index contributed by atoms with van der Waals surface area (Å²) in [6.07, 6.45) is 45.0. The van der Waals surface area contributed by atoms with Gasteiger partial charge in [0.1, 0.15) is 5.69 Å². The maximum absolute atomic E-state index is 13.6. The first-order chi connectivity index (χ1) is 63.6.